The highest BCUT2D eigenvalue weighted by molar-refractivity contribution is 6.13. The SMILES string of the molecule is COC(=O)C1=C(C)NC2=C(C(=O)[C@H](C(=O)OC)[C@H](c3ccc(OC)cc3)C2)[C@H]1c1ccccc1. The first-order valence-corrected chi connectivity index (χ1v) is 11.0. The number of hydrogen-bond donors (Lipinski definition) is 1. The Morgan fingerprint density at radius 2 is 1.59 bits per heavy atom. The van der Waals surface area contributed by atoms with E-state index in [2.05, 4.69) is 5.32 Å². The Bertz CT molecular complexity index is 1180. The van der Waals surface area contributed by atoms with Crippen molar-refractivity contribution in [2.45, 2.75) is 25.2 Å². The number of carbonyl (C=O) groups excluding carboxylic acids is 3. The predicted octanol–water partition coefficient (Wildman–Crippen LogP) is 3.63. The van der Waals surface area contributed by atoms with Crippen LogP contribution in [0.4, 0.5) is 0 Å². The Labute approximate surface area is 198 Å². The molecule has 0 radical (unpaired) electrons. The van der Waals surface area contributed by atoms with Gasteiger partial charge in [0, 0.05) is 28.8 Å². The van der Waals surface area contributed by atoms with E-state index < -0.39 is 29.7 Å². The topological polar surface area (TPSA) is 90.9 Å². The third kappa shape index (κ3) is 3.98. The van der Waals surface area contributed by atoms with E-state index in [0.717, 1.165) is 11.1 Å². The van der Waals surface area contributed by atoms with Gasteiger partial charge in [0.2, 0.25) is 0 Å². The van der Waals surface area contributed by atoms with E-state index in [9.17, 15) is 14.4 Å². The average Bonchev–Trinajstić information content (AvgIpc) is 2.87. The van der Waals surface area contributed by atoms with Gasteiger partial charge in [0.05, 0.1) is 26.9 Å². The molecule has 0 fully saturated rings. The summed E-state index contributed by atoms with van der Waals surface area (Å²) in [5.41, 5.74) is 3.68. The van der Waals surface area contributed by atoms with Crippen LogP contribution in [0.1, 0.15) is 36.3 Å². The fourth-order valence-electron chi connectivity index (χ4n) is 4.96. The van der Waals surface area contributed by atoms with Crippen molar-refractivity contribution >= 4 is 17.7 Å². The van der Waals surface area contributed by atoms with Gasteiger partial charge in [0.15, 0.2) is 5.78 Å². The number of ether oxygens (including phenoxy) is 3. The van der Waals surface area contributed by atoms with Crippen molar-refractivity contribution in [3.05, 3.63) is 88.3 Å². The summed E-state index contributed by atoms with van der Waals surface area (Å²) in [6.07, 6.45) is 0.405. The van der Waals surface area contributed by atoms with Gasteiger partial charge in [-0.2, -0.15) is 0 Å². The van der Waals surface area contributed by atoms with E-state index in [1.165, 1.54) is 14.2 Å². The summed E-state index contributed by atoms with van der Waals surface area (Å²) in [4.78, 5) is 39.7. The van der Waals surface area contributed by atoms with Crippen LogP contribution in [0.25, 0.3) is 0 Å². The normalized spacial score (nSPS) is 22.0. The summed E-state index contributed by atoms with van der Waals surface area (Å²) in [6, 6.07) is 16.6. The van der Waals surface area contributed by atoms with Gasteiger partial charge in [0.25, 0.3) is 0 Å². The van der Waals surface area contributed by atoms with Crippen molar-refractivity contribution in [1.29, 1.82) is 0 Å². The Morgan fingerprint density at radius 1 is 0.912 bits per heavy atom. The summed E-state index contributed by atoms with van der Waals surface area (Å²) >= 11 is 0. The fraction of sp³-hybridized carbons (Fsp3) is 0.296. The molecule has 34 heavy (non-hydrogen) atoms. The maximum Gasteiger partial charge on any atom is 0.336 e. The van der Waals surface area contributed by atoms with Gasteiger partial charge in [-0.15, -0.1) is 0 Å². The fourth-order valence-corrected chi connectivity index (χ4v) is 4.96. The van der Waals surface area contributed by atoms with Crippen molar-refractivity contribution in [2.24, 2.45) is 5.92 Å². The standard InChI is InChI=1S/C27H27NO6/c1-15-21(26(30)33-3)22(17-8-6-5-7-9-17)24-20(28-15)14-19(23(25(24)29)27(31)34-4)16-10-12-18(32-2)13-11-16/h5-13,19,22-23,28H,14H2,1-4H3/t19-,22-,23+/m0/s1. The number of rotatable bonds is 5. The Balaban J connectivity index is 1.88. The van der Waals surface area contributed by atoms with Crippen LogP contribution in [-0.2, 0) is 23.9 Å². The van der Waals surface area contributed by atoms with Crippen LogP contribution in [0.5, 0.6) is 5.75 Å². The van der Waals surface area contributed by atoms with Crippen LogP contribution >= 0.6 is 0 Å². The van der Waals surface area contributed by atoms with Gasteiger partial charge in [0.1, 0.15) is 11.7 Å². The summed E-state index contributed by atoms with van der Waals surface area (Å²) in [5.74, 6) is -2.92. The third-order valence-electron chi connectivity index (χ3n) is 6.56. The minimum Gasteiger partial charge on any atom is -0.497 e. The molecule has 1 N–H and O–H groups in total. The maximum absolute atomic E-state index is 14.0. The smallest absolute Gasteiger partial charge is 0.336 e. The number of methoxy groups -OCH3 is 3. The monoisotopic (exact) mass is 461 g/mol. The van der Waals surface area contributed by atoms with Crippen LogP contribution in [-0.4, -0.2) is 39.1 Å². The van der Waals surface area contributed by atoms with E-state index in [1.807, 2.05) is 42.5 Å². The van der Waals surface area contributed by atoms with Crippen LogP contribution in [0.3, 0.4) is 0 Å². The Hall–Kier alpha value is -3.87. The zero-order valence-corrected chi connectivity index (χ0v) is 19.6. The van der Waals surface area contributed by atoms with Crippen LogP contribution in [0.15, 0.2) is 77.1 Å². The number of hydrogen-bond acceptors (Lipinski definition) is 7. The minimum absolute atomic E-state index is 0.354. The second-order valence-electron chi connectivity index (χ2n) is 8.34. The zero-order chi connectivity index (χ0) is 24.4. The highest BCUT2D eigenvalue weighted by Gasteiger charge is 2.48. The average molecular weight is 462 g/mol. The number of benzene rings is 2. The lowest BCUT2D eigenvalue weighted by atomic mass is 9.67. The van der Waals surface area contributed by atoms with Gasteiger partial charge >= 0.3 is 11.9 Å². The number of ketones is 1. The van der Waals surface area contributed by atoms with Crippen molar-refractivity contribution < 1.29 is 28.6 Å². The second kappa shape index (κ2) is 9.55. The molecule has 0 unspecified atom stereocenters. The lowest BCUT2D eigenvalue weighted by Crippen LogP contribution is -2.43. The predicted molar refractivity (Wildman–Crippen MR) is 125 cm³/mol. The molecule has 2 aromatic rings. The molecule has 4 rings (SSSR count). The molecule has 3 atom stereocenters. The van der Waals surface area contributed by atoms with Gasteiger partial charge in [-0.3, -0.25) is 9.59 Å². The van der Waals surface area contributed by atoms with Crippen LogP contribution in [0.2, 0.25) is 0 Å². The molecule has 7 nitrogen and oxygen atoms in total. The van der Waals surface area contributed by atoms with Crippen LogP contribution in [0, 0.1) is 5.92 Å². The van der Waals surface area contributed by atoms with Gasteiger partial charge in [-0.25, -0.2) is 4.79 Å². The van der Waals surface area contributed by atoms with Crippen molar-refractivity contribution in [3.8, 4) is 5.75 Å². The van der Waals surface area contributed by atoms with Gasteiger partial charge in [-0.1, -0.05) is 42.5 Å². The summed E-state index contributed by atoms with van der Waals surface area (Å²) in [5, 5.41) is 3.27. The number of carbonyl (C=O) groups is 3. The number of nitrogens with one attached hydrogen (secondary N) is 1. The molecule has 2 aromatic carbocycles. The van der Waals surface area contributed by atoms with Gasteiger partial charge in [-0.05, 0) is 36.6 Å². The van der Waals surface area contributed by atoms with Crippen molar-refractivity contribution in [1.82, 2.24) is 5.32 Å². The van der Waals surface area contributed by atoms with E-state index >= 15 is 0 Å². The molecule has 7 heteroatoms. The molecule has 0 spiro atoms. The summed E-state index contributed by atoms with van der Waals surface area (Å²) in [7, 11) is 4.17. The molecule has 1 aliphatic carbocycles. The largest absolute Gasteiger partial charge is 0.497 e. The van der Waals surface area contributed by atoms with E-state index in [1.54, 1.807) is 26.2 Å². The van der Waals surface area contributed by atoms with Crippen LogP contribution < -0.4 is 10.1 Å². The first-order chi connectivity index (χ1) is 16.4. The van der Waals surface area contributed by atoms with E-state index in [4.69, 9.17) is 14.2 Å². The van der Waals surface area contributed by atoms with Gasteiger partial charge < -0.3 is 19.5 Å². The summed E-state index contributed by atoms with van der Waals surface area (Å²) < 4.78 is 15.4. The molecule has 0 saturated carbocycles. The molecule has 0 saturated heterocycles. The first kappa shape index (κ1) is 23.3. The Morgan fingerprint density at radius 3 is 2.18 bits per heavy atom. The summed E-state index contributed by atoms with van der Waals surface area (Å²) in [6.45, 7) is 1.80. The Kier molecular flexibility index (Phi) is 6.54. The first-order valence-electron chi connectivity index (χ1n) is 11.0. The molecule has 1 heterocycles. The molecular weight excluding hydrogens is 434 g/mol. The molecular formula is C27H27NO6. The quantitative estimate of drug-likeness (QED) is 0.537. The third-order valence-corrected chi connectivity index (χ3v) is 6.56. The van der Waals surface area contributed by atoms with Crippen molar-refractivity contribution in [3.63, 3.8) is 0 Å². The maximum atomic E-state index is 14.0. The number of dihydropyridines is 1. The lowest BCUT2D eigenvalue weighted by Gasteiger charge is -2.39. The number of esters is 2. The number of Topliss-reactive ketones (excluding diaryl/α,β-unsaturated/α-hetero) is 1. The number of allylic oxidation sites excluding steroid dienone is 3. The molecule has 0 amide bonds. The second-order valence-corrected chi connectivity index (χ2v) is 8.34. The van der Waals surface area contributed by atoms with E-state index in [-0.39, 0.29) is 5.78 Å². The highest BCUT2D eigenvalue weighted by atomic mass is 16.5. The molecule has 0 aromatic heterocycles. The highest BCUT2D eigenvalue weighted by Crippen LogP contribution is 2.48. The molecule has 2 aliphatic rings. The van der Waals surface area contributed by atoms with E-state index in [0.29, 0.717) is 34.7 Å². The molecule has 1 aliphatic heterocycles. The minimum atomic E-state index is -1.04. The molecule has 176 valence electrons. The lowest BCUT2D eigenvalue weighted by molar-refractivity contribution is -0.150. The molecule has 0 bridgehead atoms. The van der Waals surface area contributed by atoms with Crippen molar-refractivity contribution in [2.75, 3.05) is 21.3 Å². The zero-order valence-electron chi connectivity index (χ0n) is 19.6.